The van der Waals surface area contributed by atoms with Crippen LogP contribution in [0.4, 0.5) is 11.4 Å². The van der Waals surface area contributed by atoms with E-state index in [1.165, 1.54) is 0 Å². The van der Waals surface area contributed by atoms with Gasteiger partial charge in [-0.25, -0.2) is 0 Å². The number of aliphatic hydroxyl groups excluding tert-OH is 2. The van der Waals surface area contributed by atoms with Crippen LogP contribution in [0.5, 0.6) is 0 Å². The fourth-order valence-electron chi connectivity index (χ4n) is 2.74. The molecular weight excluding hydrogens is 244 g/mol. The molecule has 1 aromatic rings. The standard InChI is InChI=1S/C13H22N4O2/c1-7-4-8(2-3-9(7)16)17-10(5-14)12(18)13(19)11(17)6-15/h2-4,10-13,18-19H,5-6,14-16H2,1H3. The van der Waals surface area contributed by atoms with E-state index in [9.17, 15) is 10.2 Å². The summed E-state index contributed by atoms with van der Waals surface area (Å²) in [5, 5.41) is 20.1. The number of hydrogen-bond donors (Lipinski definition) is 5. The molecule has 1 saturated heterocycles. The average molecular weight is 266 g/mol. The summed E-state index contributed by atoms with van der Waals surface area (Å²) in [5.41, 5.74) is 19.8. The molecule has 106 valence electrons. The van der Waals surface area contributed by atoms with Crippen molar-refractivity contribution < 1.29 is 10.2 Å². The van der Waals surface area contributed by atoms with E-state index in [2.05, 4.69) is 0 Å². The van der Waals surface area contributed by atoms with Gasteiger partial charge in [0.05, 0.1) is 12.1 Å². The molecule has 0 spiro atoms. The predicted octanol–water partition coefficient (Wildman–Crippen LogP) is -1.23. The summed E-state index contributed by atoms with van der Waals surface area (Å²) >= 11 is 0. The lowest BCUT2D eigenvalue weighted by Gasteiger charge is -2.32. The summed E-state index contributed by atoms with van der Waals surface area (Å²) in [7, 11) is 0. The van der Waals surface area contributed by atoms with E-state index in [1.807, 2.05) is 30.0 Å². The van der Waals surface area contributed by atoms with Crippen LogP contribution >= 0.6 is 0 Å². The highest BCUT2D eigenvalue weighted by molar-refractivity contribution is 5.60. The molecule has 6 nitrogen and oxygen atoms in total. The molecule has 1 aliphatic heterocycles. The first-order valence-corrected chi connectivity index (χ1v) is 6.42. The Morgan fingerprint density at radius 2 is 1.63 bits per heavy atom. The van der Waals surface area contributed by atoms with Crippen molar-refractivity contribution in [3.05, 3.63) is 23.8 Å². The van der Waals surface area contributed by atoms with Gasteiger partial charge in [-0.05, 0) is 30.7 Å². The van der Waals surface area contributed by atoms with Crippen LogP contribution in [0.15, 0.2) is 18.2 Å². The van der Waals surface area contributed by atoms with Crippen molar-refractivity contribution in [3.63, 3.8) is 0 Å². The van der Waals surface area contributed by atoms with E-state index in [1.54, 1.807) is 0 Å². The van der Waals surface area contributed by atoms with Gasteiger partial charge in [0, 0.05) is 24.5 Å². The van der Waals surface area contributed by atoms with Gasteiger partial charge in [-0.2, -0.15) is 0 Å². The van der Waals surface area contributed by atoms with Gasteiger partial charge in [0.2, 0.25) is 0 Å². The highest BCUT2D eigenvalue weighted by Gasteiger charge is 2.46. The zero-order valence-electron chi connectivity index (χ0n) is 11.0. The molecule has 6 heteroatoms. The fourth-order valence-corrected chi connectivity index (χ4v) is 2.74. The molecule has 0 bridgehead atoms. The topological polar surface area (TPSA) is 122 Å². The van der Waals surface area contributed by atoms with Gasteiger partial charge >= 0.3 is 0 Å². The molecule has 0 radical (unpaired) electrons. The third kappa shape index (κ3) is 2.28. The number of nitrogens with zero attached hydrogens (tertiary/aromatic N) is 1. The summed E-state index contributed by atoms with van der Waals surface area (Å²) < 4.78 is 0. The van der Waals surface area contributed by atoms with Crippen molar-refractivity contribution >= 4 is 11.4 Å². The first kappa shape index (κ1) is 14.1. The minimum absolute atomic E-state index is 0.248. The van der Waals surface area contributed by atoms with Crippen LogP contribution in [0.3, 0.4) is 0 Å². The lowest BCUT2D eigenvalue weighted by Crippen LogP contribution is -2.46. The molecule has 4 atom stereocenters. The number of aliphatic hydroxyl groups is 2. The first-order chi connectivity index (χ1) is 9.01. The van der Waals surface area contributed by atoms with E-state index in [4.69, 9.17) is 17.2 Å². The molecule has 8 N–H and O–H groups in total. The van der Waals surface area contributed by atoms with Crippen molar-refractivity contribution in [1.82, 2.24) is 0 Å². The smallest absolute Gasteiger partial charge is 0.103 e. The second-order valence-corrected chi connectivity index (χ2v) is 5.04. The predicted molar refractivity (Wildman–Crippen MR) is 75.8 cm³/mol. The molecule has 0 saturated carbocycles. The number of benzene rings is 1. The van der Waals surface area contributed by atoms with E-state index in [0.29, 0.717) is 5.69 Å². The van der Waals surface area contributed by atoms with Crippen LogP contribution in [0.25, 0.3) is 0 Å². The largest absolute Gasteiger partial charge is 0.399 e. The highest BCUT2D eigenvalue weighted by atomic mass is 16.3. The summed E-state index contributed by atoms with van der Waals surface area (Å²) in [6.45, 7) is 2.41. The maximum absolute atomic E-state index is 10.1. The van der Waals surface area contributed by atoms with Gasteiger partial charge in [-0.3, -0.25) is 0 Å². The van der Waals surface area contributed by atoms with Crippen molar-refractivity contribution in [2.24, 2.45) is 11.5 Å². The lowest BCUT2D eigenvalue weighted by atomic mass is 10.1. The van der Waals surface area contributed by atoms with Gasteiger partial charge in [0.15, 0.2) is 0 Å². The molecule has 0 aromatic heterocycles. The zero-order valence-corrected chi connectivity index (χ0v) is 11.0. The van der Waals surface area contributed by atoms with Crippen LogP contribution < -0.4 is 22.1 Å². The first-order valence-electron chi connectivity index (χ1n) is 6.42. The zero-order chi connectivity index (χ0) is 14.2. The Bertz CT molecular complexity index is 438. The van der Waals surface area contributed by atoms with Gasteiger partial charge in [0.25, 0.3) is 0 Å². The van der Waals surface area contributed by atoms with E-state index >= 15 is 0 Å². The van der Waals surface area contributed by atoms with Crippen molar-refractivity contribution in [2.75, 3.05) is 23.7 Å². The highest BCUT2D eigenvalue weighted by Crippen LogP contribution is 2.32. The summed E-state index contributed by atoms with van der Waals surface area (Å²) in [6, 6.07) is 4.91. The van der Waals surface area contributed by atoms with Crippen molar-refractivity contribution in [3.8, 4) is 0 Å². The average Bonchev–Trinajstić information content (AvgIpc) is 2.64. The molecule has 1 fully saturated rings. The number of rotatable bonds is 3. The van der Waals surface area contributed by atoms with Gasteiger partial charge < -0.3 is 32.3 Å². The summed E-state index contributed by atoms with van der Waals surface area (Å²) in [6.07, 6.45) is -1.78. The molecule has 0 aliphatic carbocycles. The molecule has 4 unspecified atom stereocenters. The van der Waals surface area contributed by atoms with Gasteiger partial charge in [-0.1, -0.05) is 0 Å². The Kier molecular flexibility index (Phi) is 3.96. The Hall–Kier alpha value is -1.34. The molecule has 1 aromatic carbocycles. The van der Waals surface area contributed by atoms with E-state index in [-0.39, 0.29) is 25.2 Å². The Labute approximate surface area is 112 Å². The second kappa shape index (κ2) is 5.34. The Morgan fingerprint density at radius 3 is 2.05 bits per heavy atom. The number of nitrogens with two attached hydrogens (primary N) is 3. The van der Waals surface area contributed by atoms with Crippen LogP contribution in [0, 0.1) is 6.92 Å². The van der Waals surface area contributed by atoms with Crippen molar-refractivity contribution in [1.29, 1.82) is 0 Å². The van der Waals surface area contributed by atoms with E-state index in [0.717, 1.165) is 11.3 Å². The SMILES string of the molecule is Cc1cc(N2C(CN)C(O)C(O)C2CN)ccc1N. The summed E-state index contributed by atoms with van der Waals surface area (Å²) in [5.74, 6) is 0. The monoisotopic (exact) mass is 266 g/mol. The van der Waals surface area contributed by atoms with Crippen LogP contribution in [0.2, 0.25) is 0 Å². The second-order valence-electron chi connectivity index (χ2n) is 5.04. The lowest BCUT2D eigenvalue weighted by molar-refractivity contribution is 0.0303. The molecule has 1 aliphatic rings. The number of aryl methyl sites for hydroxylation is 1. The number of anilines is 2. The molecule has 0 amide bonds. The quantitative estimate of drug-likeness (QED) is 0.437. The van der Waals surface area contributed by atoms with Crippen LogP contribution in [-0.4, -0.2) is 47.6 Å². The Balaban J connectivity index is 2.41. The molecule has 19 heavy (non-hydrogen) atoms. The Morgan fingerprint density at radius 1 is 1.11 bits per heavy atom. The van der Waals surface area contributed by atoms with Gasteiger partial charge in [-0.15, -0.1) is 0 Å². The minimum atomic E-state index is -0.892. The molecular formula is C13H22N4O2. The van der Waals surface area contributed by atoms with Crippen LogP contribution in [0.1, 0.15) is 5.56 Å². The summed E-state index contributed by atoms with van der Waals surface area (Å²) in [4.78, 5) is 1.90. The minimum Gasteiger partial charge on any atom is -0.399 e. The number of nitrogen functional groups attached to an aromatic ring is 1. The maximum Gasteiger partial charge on any atom is 0.103 e. The third-order valence-corrected chi connectivity index (χ3v) is 3.89. The normalized spacial score (nSPS) is 30.9. The van der Waals surface area contributed by atoms with E-state index < -0.39 is 12.2 Å². The van der Waals surface area contributed by atoms with Gasteiger partial charge in [0.1, 0.15) is 12.2 Å². The van der Waals surface area contributed by atoms with Crippen LogP contribution in [-0.2, 0) is 0 Å². The third-order valence-electron chi connectivity index (χ3n) is 3.89. The molecule has 1 heterocycles. The van der Waals surface area contributed by atoms with Crippen molar-refractivity contribution in [2.45, 2.75) is 31.2 Å². The fraction of sp³-hybridized carbons (Fsp3) is 0.538. The molecule has 2 rings (SSSR count). The maximum atomic E-state index is 10.1. The number of hydrogen-bond acceptors (Lipinski definition) is 6.